The summed E-state index contributed by atoms with van der Waals surface area (Å²) in [6, 6.07) is 1.15. The molecule has 1 rings (SSSR count). The maximum Gasteiger partial charge on any atom is 0.144 e. The van der Waals surface area contributed by atoms with Crippen LogP contribution in [0.1, 0.15) is 39.4 Å². The molecule has 1 aromatic rings. The van der Waals surface area contributed by atoms with E-state index in [0.717, 1.165) is 46.9 Å². The minimum atomic E-state index is -1.19. The van der Waals surface area contributed by atoms with E-state index in [1.54, 1.807) is 6.21 Å². The summed E-state index contributed by atoms with van der Waals surface area (Å²) >= 11 is 7.05. The second-order valence-electron chi connectivity index (χ2n) is 8.43. The average molecular weight is 529 g/mol. The Balaban J connectivity index is 2.53. The van der Waals surface area contributed by atoms with Crippen molar-refractivity contribution in [2.75, 3.05) is 6.61 Å². The summed E-state index contributed by atoms with van der Waals surface area (Å²) in [4.78, 5) is 4.57. The number of hydrogen-bond acceptors (Lipinski definition) is 3. The number of unbranched alkanes of at least 4 members (excludes halogenated alkanes) is 1. The van der Waals surface area contributed by atoms with Crippen LogP contribution in [0.5, 0.6) is 0 Å². The maximum atomic E-state index is 11.9. The Morgan fingerprint density at radius 3 is 2.54 bits per heavy atom. The van der Waals surface area contributed by atoms with Gasteiger partial charge < -0.3 is 4.74 Å². The smallest absolute Gasteiger partial charge is 0.144 e. The second kappa shape index (κ2) is 10.6. The lowest BCUT2D eigenvalue weighted by Crippen LogP contribution is -2.22. The van der Waals surface area contributed by atoms with Gasteiger partial charge >= 0.3 is 0 Å². The van der Waals surface area contributed by atoms with Crippen LogP contribution in [0.2, 0.25) is 25.7 Å². The molecular weight excluding hydrogens is 498 g/mol. The first kappa shape index (κ1) is 24.2. The first-order valence-corrected chi connectivity index (χ1v) is 15.2. The molecule has 0 bridgehead atoms. The third kappa shape index (κ3) is 8.90. The molecule has 26 heavy (non-hydrogen) atoms. The van der Waals surface area contributed by atoms with Crippen LogP contribution in [0, 0.1) is 0 Å². The fourth-order valence-electron chi connectivity index (χ4n) is 1.93. The van der Waals surface area contributed by atoms with Crippen LogP contribution in [0.4, 0.5) is 0 Å². The van der Waals surface area contributed by atoms with Crippen molar-refractivity contribution >= 4 is 57.1 Å². The van der Waals surface area contributed by atoms with Gasteiger partial charge in [0.25, 0.3) is 0 Å². The highest BCUT2D eigenvalue weighted by molar-refractivity contribution is 9.13. The minimum Gasteiger partial charge on any atom is -0.361 e. The summed E-state index contributed by atoms with van der Waals surface area (Å²) in [5, 5.41) is 0. The Morgan fingerprint density at radius 1 is 1.31 bits per heavy atom. The Kier molecular flexibility index (Phi) is 9.91. The molecule has 9 heteroatoms. The fraction of sp³-hybridized carbons (Fsp3) is 0.765. The van der Waals surface area contributed by atoms with Crippen molar-refractivity contribution < 1.29 is 8.95 Å². The molecule has 5 nitrogen and oxygen atoms in total. The van der Waals surface area contributed by atoms with Gasteiger partial charge in [-0.05, 0) is 71.5 Å². The van der Waals surface area contributed by atoms with Crippen molar-refractivity contribution in [1.29, 1.82) is 0 Å². The summed E-state index contributed by atoms with van der Waals surface area (Å²) in [5.74, 6) is 0.974. The van der Waals surface area contributed by atoms with Crippen molar-refractivity contribution in [2.45, 2.75) is 77.2 Å². The zero-order valence-electron chi connectivity index (χ0n) is 16.6. The van der Waals surface area contributed by atoms with E-state index in [-0.39, 0.29) is 4.75 Å². The molecule has 0 saturated carbocycles. The number of rotatable bonds is 10. The van der Waals surface area contributed by atoms with E-state index in [0.29, 0.717) is 6.73 Å². The highest BCUT2D eigenvalue weighted by Gasteiger charge is 2.18. The van der Waals surface area contributed by atoms with E-state index in [2.05, 4.69) is 65.4 Å². The third-order valence-corrected chi connectivity index (χ3v) is 8.57. The molecule has 1 atom stereocenters. The number of halogens is 2. The largest absolute Gasteiger partial charge is 0.361 e. The molecule has 150 valence electrons. The summed E-state index contributed by atoms with van der Waals surface area (Å²) in [6.45, 7) is 14.1. The Bertz CT molecular complexity index is 637. The standard InChI is InChI=1S/C17H31Br2N3O2SSi/c1-17(2,3)25(23)20-10-8-7-9-14-21-15(18)16(19)22(14)13-24-11-12-26(4,5)6/h10H,7-9,11-13H2,1-6H3/t25-/m0/s1. The highest BCUT2D eigenvalue weighted by Crippen LogP contribution is 2.25. The maximum absolute atomic E-state index is 11.9. The predicted octanol–water partition coefficient (Wildman–Crippen LogP) is 5.58. The molecule has 0 aliphatic carbocycles. The number of ether oxygens (including phenoxy) is 1. The van der Waals surface area contributed by atoms with Crippen molar-refractivity contribution in [2.24, 2.45) is 4.40 Å². The van der Waals surface area contributed by atoms with Gasteiger partial charge in [0.2, 0.25) is 0 Å². The number of imidazole rings is 1. The van der Waals surface area contributed by atoms with Gasteiger partial charge in [0.05, 0.1) is 4.75 Å². The topological polar surface area (TPSA) is 56.5 Å². The molecule has 0 spiro atoms. The Morgan fingerprint density at radius 2 is 1.96 bits per heavy atom. The summed E-state index contributed by atoms with van der Waals surface area (Å²) in [5.41, 5.74) is 0. The van der Waals surface area contributed by atoms with Crippen LogP contribution in [0.15, 0.2) is 13.6 Å². The van der Waals surface area contributed by atoms with Crippen LogP contribution in [0.25, 0.3) is 0 Å². The van der Waals surface area contributed by atoms with Crippen LogP contribution in [0.3, 0.4) is 0 Å². The van der Waals surface area contributed by atoms with Gasteiger partial charge in [0.1, 0.15) is 32.7 Å². The van der Waals surface area contributed by atoms with E-state index in [4.69, 9.17) is 4.74 Å². The molecule has 0 N–H and O–H groups in total. The molecule has 0 aromatic carbocycles. The molecule has 0 amide bonds. The van der Waals surface area contributed by atoms with Crippen LogP contribution in [-0.4, -0.2) is 39.4 Å². The molecular formula is C17H31Br2N3O2SSi. The molecule has 0 fully saturated rings. The molecule has 0 saturated heterocycles. The summed E-state index contributed by atoms with van der Waals surface area (Å²) in [6.07, 6.45) is 4.26. The predicted molar refractivity (Wildman–Crippen MR) is 121 cm³/mol. The van der Waals surface area contributed by atoms with Crippen molar-refractivity contribution in [3.05, 3.63) is 15.0 Å². The third-order valence-electron chi connectivity index (χ3n) is 3.59. The van der Waals surface area contributed by atoms with Gasteiger partial charge in [-0.1, -0.05) is 19.6 Å². The number of aryl methyl sites for hydroxylation is 1. The SMILES string of the molecule is CC(C)(C)[S@](=O)N=CCCCc1nc(Br)c(Br)n1COCC[Si](C)(C)C. The lowest BCUT2D eigenvalue weighted by molar-refractivity contribution is 0.0836. The molecule has 1 heterocycles. The van der Waals surface area contributed by atoms with Gasteiger partial charge in [-0.15, -0.1) is 0 Å². The quantitative estimate of drug-likeness (QED) is 0.226. The zero-order valence-corrected chi connectivity index (χ0v) is 21.6. The van der Waals surface area contributed by atoms with Gasteiger partial charge in [-0.25, -0.2) is 9.19 Å². The fourth-order valence-corrected chi connectivity index (χ4v) is 4.06. The number of hydrogen-bond donors (Lipinski definition) is 0. The Hall–Kier alpha value is 0.167. The average Bonchev–Trinajstić information content (AvgIpc) is 2.76. The summed E-state index contributed by atoms with van der Waals surface area (Å²) in [7, 11) is -2.27. The van der Waals surface area contributed by atoms with Crippen LogP contribution < -0.4 is 0 Å². The number of nitrogens with zero attached hydrogens (tertiary/aromatic N) is 3. The van der Waals surface area contributed by atoms with Crippen molar-refractivity contribution in [1.82, 2.24) is 9.55 Å². The lowest BCUT2D eigenvalue weighted by atomic mass is 10.2. The Labute approximate surface area is 178 Å². The van der Waals surface area contributed by atoms with Gasteiger partial charge in [-0.3, -0.25) is 4.57 Å². The lowest BCUT2D eigenvalue weighted by Gasteiger charge is -2.16. The first-order chi connectivity index (χ1) is 11.9. The van der Waals surface area contributed by atoms with E-state index < -0.39 is 19.1 Å². The van der Waals surface area contributed by atoms with Crippen LogP contribution >= 0.6 is 31.9 Å². The normalized spacial score (nSPS) is 14.3. The molecule has 1 aromatic heterocycles. The molecule has 0 unspecified atom stereocenters. The molecule has 0 radical (unpaired) electrons. The van der Waals surface area contributed by atoms with E-state index in [9.17, 15) is 4.21 Å². The number of aromatic nitrogens is 2. The van der Waals surface area contributed by atoms with E-state index in [1.807, 2.05) is 20.8 Å². The van der Waals surface area contributed by atoms with Gasteiger partial charge in [0.15, 0.2) is 0 Å². The first-order valence-electron chi connectivity index (χ1n) is 8.84. The van der Waals surface area contributed by atoms with E-state index >= 15 is 0 Å². The summed E-state index contributed by atoms with van der Waals surface area (Å²) < 4.78 is 25.3. The van der Waals surface area contributed by atoms with Crippen molar-refractivity contribution in [3.63, 3.8) is 0 Å². The van der Waals surface area contributed by atoms with E-state index in [1.165, 1.54) is 0 Å². The van der Waals surface area contributed by atoms with Crippen LogP contribution in [-0.2, 0) is 28.9 Å². The highest BCUT2D eigenvalue weighted by atomic mass is 79.9. The monoisotopic (exact) mass is 527 g/mol. The molecule has 0 aliphatic heterocycles. The van der Waals surface area contributed by atoms with Gasteiger partial charge in [0, 0.05) is 27.3 Å². The minimum absolute atomic E-state index is 0.310. The zero-order chi connectivity index (χ0) is 20.0. The van der Waals surface area contributed by atoms with Gasteiger partial charge in [-0.2, -0.15) is 4.40 Å². The molecule has 0 aliphatic rings. The van der Waals surface area contributed by atoms with Crippen molar-refractivity contribution in [3.8, 4) is 0 Å². The second-order valence-corrected chi connectivity index (χ2v) is 17.5.